The summed E-state index contributed by atoms with van der Waals surface area (Å²) in [5.74, 6) is -0.518. The van der Waals surface area contributed by atoms with E-state index in [4.69, 9.17) is 37.6 Å². The minimum Gasteiger partial charge on any atom is -0.507 e. The number of rotatable bonds is 20. The number of halogens is 1. The largest absolute Gasteiger partial charge is 0.507 e. The summed E-state index contributed by atoms with van der Waals surface area (Å²) in [6.07, 6.45) is -13.0. The standard InChI is InChI=1S/C55H66BrN5O20/c1-6-59-51(72)39-50(60(18-19-62)55(59)73)58-54(57-32-8-7-9-33(32)63)61(39)22-27-11-17-35(31(56)20-27)76-24-75-23-37-41(66)44(69)46(71)53(79-37)78-36-21-34(64)38-42(67)49(81-52-45(70)43(68)40(65)26(4)77-52)47(28-12-14-29(74-5)15-13-28)80-48(38)30(36)16-10-25(2)3/h10-15,17,20-21,26,32-33,37,40-41,43-46,52-53,62-66,68-71H,6-9,16,18-19,22-24H2,1-5H3,(H,57,58). The molecule has 3 aromatic heterocycles. The molecule has 3 fully saturated rings. The Balaban J connectivity index is 0.946. The molecule has 2 aliphatic heterocycles. The normalized spacial score (nSPS) is 25.8. The number of aromatic hydroxyl groups is 1. The van der Waals surface area contributed by atoms with Gasteiger partial charge in [-0.15, -0.1) is 0 Å². The molecule has 5 heterocycles. The van der Waals surface area contributed by atoms with Gasteiger partial charge in [0.1, 0.15) is 76.7 Å². The topological polar surface area (TPSA) is 351 Å². The molecular formula is C55H66BrN5O20. The van der Waals surface area contributed by atoms with Gasteiger partial charge in [0.15, 0.2) is 23.7 Å². The SMILES string of the molecule is CCn1c(=O)c2c(nc(NC3CCCC3O)n2Cc2ccc(OCOCC3OC(Oc4cc(O)c5c(=O)c(OC6OC(C)C(O)C(O)C6O)c(-c6ccc(OC)cc6)oc5c4CC=C(C)C)C(O)C(O)C3O)c(Br)c2)n(CCO)c1=O. The van der Waals surface area contributed by atoms with Crippen molar-refractivity contribution in [3.63, 3.8) is 0 Å². The van der Waals surface area contributed by atoms with Crippen molar-refractivity contribution in [2.24, 2.45) is 0 Å². The number of fused-ring (bicyclic) bond motifs is 2. The molecule has 26 heteroatoms. The Kier molecular flexibility index (Phi) is 18.3. The Bertz CT molecular complexity index is 3450. The highest BCUT2D eigenvalue weighted by atomic mass is 79.9. The second-order valence-electron chi connectivity index (χ2n) is 20.4. The first-order valence-corrected chi connectivity index (χ1v) is 27.2. The van der Waals surface area contributed by atoms with E-state index in [1.165, 1.54) is 18.6 Å². The molecule has 3 aliphatic rings. The van der Waals surface area contributed by atoms with Gasteiger partial charge < -0.3 is 88.9 Å². The lowest BCUT2D eigenvalue weighted by molar-refractivity contribution is -0.281. The van der Waals surface area contributed by atoms with Gasteiger partial charge in [0, 0.05) is 23.7 Å². The number of phenols is 1. The molecule has 81 heavy (non-hydrogen) atoms. The minimum absolute atomic E-state index is 0.0129. The number of ether oxygens (including phenoxy) is 7. The van der Waals surface area contributed by atoms with Crippen LogP contribution < -0.4 is 40.9 Å². The minimum atomic E-state index is -1.87. The monoisotopic (exact) mass is 1200 g/mol. The maximum Gasteiger partial charge on any atom is 0.332 e. The number of phenolic OH excluding ortho intramolecular Hbond substituents is 1. The Morgan fingerprint density at radius 3 is 2.23 bits per heavy atom. The van der Waals surface area contributed by atoms with Crippen LogP contribution in [-0.2, 0) is 40.3 Å². The lowest BCUT2D eigenvalue weighted by atomic mass is 9.99. The number of imidazole rings is 1. The predicted molar refractivity (Wildman–Crippen MR) is 293 cm³/mol. The van der Waals surface area contributed by atoms with E-state index < -0.39 is 109 Å². The summed E-state index contributed by atoms with van der Waals surface area (Å²) in [4.78, 5) is 46.5. The summed E-state index contributed by atoms with van der Waals surface area (Å²) in [5.41, 5.74) is -0.125. The van der Waals surface area contributed by atoms with Gasteiger partial charge in [0.25, 0.3) is 5.56 Å². The Hall–Kier alpha value is -6.40. The maximum absolute atomic E-state index is 14.7. The number of methoxy groups -OCH3 is 1. The molecule has 9 rings (SSSR count). The number of hydrogen-bond donors (Lipinski definition) is 10. The lowest BCUT2D eigenvalue weighted by Crippen LogP contribution is -2.60. The van der Waals surface area contributed by atoms with Crippen LogP contribution >= 0.6 is 15.9 Å². The number of benzene rings is 3. The summed E-state index contributed by atoms with van der Waals surface area (Å²) in [6, 6.07) is 12.2. The van der Waals surface area contributed by atoms with E-state index in [2.05, 4.69) is 26.2 Å². The van der Waals surface area contributed by atoms with Crippen molar-refractivity contribution >= 4 is 44.0 Å². The summed E-state index contributed by atoms with van der Waals surface area (Å²) >= 11 is 3.55. The molecule has 2 saturated heterocycles. The lowest BCUT2D eigenvalue weighted by Gasteiger charge is -2.40. The van der Waals surface area contributed by atoms with Crippen LogP contribution in [0.5, 0.6) is 28.7 Å². The first-order valence-electron chi connectivity index (χ1n) is 26.4. The van der Waals surface area contributed by atoms with E-state index in [1.807, 2.05) is 13.8 Å². The van der Waals surface area contributed by atoms with E-state index in [9.17, 15) is 60.3 Å². The summed E-state index contributed by atoms with van der Waals surface area (Å²) < 4.78 is 51.9. The molecule has 1 saturated carbocycles. The van der Waals surface area contributed by atoms with Crippen LogP contribution in [0.1, 0.15) is 58.1 Å². The van der Waals surface area contributed by atoms with Crippen LogP contribution in [0.2, 0.25) is 0 Å². The molecule has 12 unspecified atom stereocenters. The van der Waals surface area contributed by atoms with Crippen molar-refractivity contribution in [3.8, 4) is 40.1 Å². The maximum atomic E-state index is 14.7. The molecule has 1 aliphatic carbocycles. The first kappa shape index (κ1) is 59.2. The summed E-state index contributed by atoms with van der Waals surface area (Å²) in [7, 11) is 1.46. The van der Waals surface area contributed by atoms with Gasteiger partial charge in [-0.1, -0.05) is 17.7 Å². The molecule has 10 N–H and O–H groups in total. The molecule has 0 bridgehead atoms. The van der Waals surface area contributed by atoms with Crippen molar-refractivity contribution in [3.05, 3.63) is 107 Å². The fourth-order valence-corrected chi connectivity index (χ4v) is 10.7. The number of hydrogen-bond acceptors (Lipinski definition) is 22. The zero-order valence-corrected chi connectivity index (χ0v) is 46.5. The van der Waals surface area contributed by atoms with Crippen molar-refractivity contribution in [1.29, 1.82) is 0 Å². The molecule has 6 aromatic rings. The molecular weight excluding hydrogens is 1130 g/mol. The van der Waals surface area contributed by atoms with Crippen molar-refractivity contribution in [2.45, 2.75) is 147 Å². The number of aromatic nitrogens is 4. The third kappa shape index (κ3) is 12.0. The van der Waals surface area contributed by atoms with Crippen LogP contribution in [0.3, 0.4) is 0 Å². The van der Waals surface area contributed by atoms with E-state index in [1.54, 1.807) is 60.0 Å². The zero-order valence-electron chi connectivity index (χ0n) is 44.9. The number of allylic oxidation sites excluding steroid dienone is 2. The third-order valence-electron chi connectivity index (χ3n) is 14.7. The van der Waals surface area contributed by atoms with Crippen LogP contribution in [-0.4, -0.2) is 165 Å². The fourth-order valence-electron chi connectivity index (χ4n) is 10.1. The van der Waals surface area contributed by atoms with E-state index >= 15 is 0 Å². The zero-order chi connectivity index (χ0) is 58.1. The number of nitrogens with zero attached hydrogens (tertiary/aromatic N) is 4. The summed E-state index contributed by atoms with van der Waals surface area (Å²) in [5, 5.41) is 100. The summed E-state index contributed by atoms with van der Waals surface area (Å²) in [6.45, 7) is 5.64. The second-order valence-corrected chi connectivity index (χ2v) is 21.2. The van der Waals surface area contributed by atoms with Crippen molar-refractivity contribution < 1.29 is 83.5 Å². The fraction of sp³-hybridized carbons (Fsp3) is 0.491. The van der Waals surface area contributed by atoms with Crippen molar-refractivity contribution in [2.75, 3.05) is 32.4 Å². The molecule has 0 radical (unpaired) electrons. The third-order valence-corrected chi connectivity index (χ3v) is 15.3. The average molecular weight is 1200 g/mol. The molecule has 438 valence electrons. The Morgan fingerprint density at radius 1 is 0.864 bits per heavy atom. The number of aliphatic hydroxyl groups excluding tert-OH is 8. The van der Waals surface area contributed by atoms with Crippen molar-refractivity contribution in [1.82, 2.24) is 18.7 Å². The highest BCUT2D eigenvalue weighted by Gasteiger charge is 2.47. The van der Waals surface area contributed by atoms with Crippen LogP contribution in [0, 0.1) is 0 Å². The number of nitrogens with one attached hydrogen (secondary N) is 1. The van der Waals surface area contributed by atoms with Gasteiger partial charge in [-0.05, 0) is 111 Å². The molecule has 25 nitrogen and oxygen atoms in total. The molecule has 0 amide bonds. The van der Waals surface area contributed by atoms with Gasteiger partial charge in [0.05, 0.1) is 56.1 Å². The van der Waals surface area contributed by atoms with E-state index in [0.29, 0.717) is 34.4 Å². The molecule has 12 atom stereocenters. The van der Waals surface area contributed by atoms with Crippen LogP contribution in [0.4, 0.5) is 5.95 Å². The van der Waals surface area contributed by atoms with Gasteiger partial charge in [-0.3, -0.25) is 23.3 Å². The van der Waals surface area contributed by atoms with Gasteiger partial charge in [-0.25, -0.2) is 4.79 Å². The number of anilines is 1. The smallest absolute Gasteiger partial charge is 0.332 e. The van der Waals surface area contributed by atoms with Gasteiger partial charge in [-0.2, -0.15) is 4.98 Å². The second kappa shape index (κ2) is 25.0. The number of aliphatic hydroxyl groups is 8. The van der Waals surface area contributed by atoms with Crippen LogP contribution in [0.25, 0.3) is 33.5 Å². The average Bonchev–Trinajstić information content (AvgIpc) is 4.12. The predicted octanol–water partition coefficient (Wildman–Crippen LogP) is 1.95. The van der Waals surface area contributed by atoms with E-state index in [0.717, 1.165) is 22.6 Å². The van der Waals surface area contributed by atoms with E-state index in [-0.39, 0.29) is 89.4 Å². The Morgan fingerprint density at radius 2 is 1.58 bits per heavy atom. The quantitative estimate of drug-likeness (QED) is 0.0297. The van der Waals surface area contributed by atoms with Gasteiger partial charge >= 0.3 is 5.69 Å². The highest BCUT2D eigenvalue weighted by molar-refractivity contribution is 9.10. The molecule has 0 spiro atoms. The first-order chi connectivity index (χ1) is 38.7. The highest BCUT2D eigenvalue weighted by Crippen LogP contribution is 2.42. The Labute approximate surface area is 470 Å². The van der Waals surface area contributed by atoms with Gasteiger partial charge in [0.2, 0.25) is 29.7 Å². The molecule has 3 aromatic carbocycles. The van der Waals surface area contributed by atoms with Crippen LogP contribution in [0.15, 0.2) is 83.5 Å².